The molecule has 0 aliphatic heterocycles. The average molecular weight is 333 g/mol. The molecule has 0 bridgehead atoms. The highest BCUT2D eigenvalue weighted by Crippen LogP contribution is 2.18. The monoisotopic (exact) mass is 332 g/mol. The second-order valence-electron chi connectivity index (χ2n) is 5.38. The molecule has 0 fully saturated rings. The van der Waals surface area contributed by atoms with Gasteiger partial charge in [-0.2, -0.15) is 0 Å². The number of halogens is 1. The molecular weight excluding hydrogens is 312 g/mol. The van der Waals surface area contributed by atoms with Crippen molar-refractivity contribution >= 4 is 23.2 Å². The zero-order valence-electron chi connectivity index (χ0n) is 13.1. The highest BCUT2D eigenvalue weighted by atomic mass is 35.5. The summed E-state index contributed by atoms with van der Waals surface area (Å²) in [7, 11) is 1.78. The third kappa shape index (κ3) is 4.98. The van der Waals surface area contributed by atoms with Crippen LogP contribution in [0.1, 0.15) is 15.9 Å². The molecule has 0 heterocycles. The lowest BCUT2D eigenvalue weighted by molar-refractivity contribution is 0.0786. The van der Waals surface area contributed by atoms with Crippen LogP contribution in [0.4, 0.5) is 5.69 Å². The van der Waals surface area contributed by atoms with Gasteiger partial charge in [-0.25, -0.2) is 0 Å². The summed E-state index contributed by atoms with van der Waals surface area (Å²) in [4.78, 5) is 14.4. The number of carbonyl (C=O) groups excluding carboxylic acids is 1. The molecule has 1 atom stereocenters. The number of carbonyl (C=O) groups is 1. The molecule has 0 saturated carbocycles. The molecule has 122 valence electrons. The van der Waals surface area contributed by atoms with E-state index in [0.29, 0.717) is 24.3 Å². The normalized spacial score (nSPS) is 11.8. The summed E-state index contributed by atoms with van der Waals surface area (Å²) in [6.07, 6.45) is -0.651. The first-order valence-electron chi connectivity index (χ1n) is 7.48. The van der Waals surface area contributed by atoms with Crippen LogP contribution in [-0.2, 0) is 6.54 Å². The minimum absolute atomic E-state index is 0.0719. The molecule has 0 radical (unpaired) electrons. The number of hydrogen-bond donors (Lipinski definition) is 2. The first-order valence-corrected chi connectivity index (χ1v) is 8.01. The van der Waals surface area contributed by atoms with Gasteiger partial charge >= 0.3 is 0 Å². The number of rotatable bonds is 7. The fraction of sp³-hybridized carbons (Fsp3) is 0.278. The van der Waals surface area contributed by atoms with Gasteiger partial charge < -0.3 is 15.3 Å². The van der Waals surface area contributed by atoms with Crippen molar-refractivity contribution in [1.82, 2.24) is 4.90 Å². The SMILES string of the molecule is CN(Cc1ccccc1)C(=O)c1ccccc1NCC(O)CCl. The number of anilines is 1. The van der Waals surface area contributed by atoms with Gasteiger partial charge in [0.15, 0.2) is 0 Å². The number of aliphatic hydroxyl groups is 1. The minimum atomic E-state index is -0.651. The fourth-order valence-electron chi connectivity index (χ4n) is 2.24. The van der Waals surface area contributed by atoms with E-state index in [9.17, 15) is 9.90 Å². The Bertz CT molecular complexity index is 634. The van der Waals surface area contributed by atoms with E-state index in [1.165, 1.54) is 0 Å². The van der Waals surface area contributed by atoms with Crippen molar-refractivity contribution in [2.75, 3.05) is 24.8 Å². The highest BCUT2D eigenvalue weighted by Gasteiger charge is 2.16. The van der Waals surface area contributed by atoms with E-state index in [2.05, 4.69) is 5.32 Å². The first kappa shape index (κ1) is 17.3. The predicted molar refractivity (Wildman–Crippen MR) is 93.9 cm³/mol. The van der Waals surface area contributed by atoms with Gasteiger partial charge in [-0.15, -0.1) is 11.6 Å². The van der Waals surface area contributed by atoms with Crippen molar-refractivity contribution in [3.8, 4) is 0 Å². The molecule has 1 amide bonds. The lowest BCUT2D eigenvalue weighted by Crippen LogP contribution is -2.28. The van der Waals surface area contributed by atoms with Crippen molar-refractivity contribution in [2.24, 2.45) is 0 Å². The van der Waals surface area contributed by atoms with E-state index in [1.54, 1.807) is 18.0 Å². The molecular formula is C18H21ClN2O2. The summed E-state index contributed by atoms with van der Waals surface area (Å²) in [6, 6.07) is 17.1. The number of hydrogen-bond acceptors (Lipinski definition) is 3. The second-order valence-corrected chi connectivity index (χ2v) is 5.69. The summed E-state index contributed by atoms with van der Waals surface area (Å²) in [6.45, 7) is 0.842. The molecule has 23 heavy (non-hydrogen) atoms. The molecule has 0 saturated heterocycles. The van der Waals surface area contributed by atoms with Crippen LogP contribution in [0.3, 0.4) is 0 Å². The van der Waals surface area contributed by atoms with E-state index in [0.717, 1.165) is 5.56 Å². The molecule has 2 aromatic carbocycles. The van der Waals surface area contributed by atoms with Crippen LogP contribution in [-0.4, -0.2) is 41.5 Å². The van der Waals surface area contributed by atoms with Gasteiger partial charge in [0.2, 0.25) is 0 Å². The van der Waals surface area contributed by atoms with Gasteiger partial charge in [-0.05, 0) is 17.7 Å². The molecule has 4 nitrogen and oxygen atoms in total. The average Bonchev–Trinajstić information content (AvgIpc) is 2.60. The molecule has 5 heteroatoms. The Kier molecular flexibility index (Phi) is 6.44. The summed E-state index contributed by atoms with van der Waals surface area (Å²) < 4.78 is 0. The molecule has 2 rings (SSSR count). The maximum atomic E-state index is 12.7. The summed E-state index contributed by atoms with van der Waals surface area (Å²) in [5.41, 5.74) is 2.35. The zero-order valence-corrected chi connectivity index (χ0v) is 13.8. The third-order valence-corrected chi connectivity index (χ3v) is 3.83. The van der Waals surface area contributed by atoms with Crippen molar-refractivity contribution in [2.45, 2.75) is 12.6 Å². The Morgan fingerprint density at radius 2 is 1.83 bits per heavy atom. The maximum Gasteiger partial charge on any atom is 0.255 e. The molecule has 2 aromatic rings. The van der Waals surface area contributed by atoms with Gasteiger partial charge in [-0.1, -0.05) is 42.5 Å². The summed E-state index contributed by atoms with van der Waals surface area (Å²) in [5.74, 6) is 0.0779. The smallest absolute Gasteiger partial charge is 0.255 e. The molecule has 0 aliphatic carbocycles. The molecule has 2 N–H and O–H groups in total. The number of alkyl halides is 1. The zero-order chi connectivity index (χ0) is 16.7. The minimum Gasteiger partial charge on any atom is -0.390 e. The van der Waals surface area contributed by atoms with Crippen LogP contribution in [0.15, 0.2) is 54.6 Å². The number of para-hydroxylation sites is 1. The summed E-state index contributed by atoms with van der Waals surface area (Å²) in [5, 5.41) is 12.6. The molecule has 0 spiro atoms. The van der Waals surface area contributed by atoms with Crippen LogP contribution in [0.5, 0.6) is 0 Å². The van der Waals surface area contributed by atoms with E-state index < -0.39 is 6.10 Å². The first-order chi connectivity index (χ1) is 11.1. The van der Waals surface area contributed by atoms with Crippen molar-refractivity contribution in [3.63, 3.8) is 0 Å². The maximum absolute atomic E-state index is 12.7. The Morgan fingerprint density at radius 3 is 2.52 bits per heavy atom. The van der Waals surface area contributed by atoms with Gasteiger partial charge in [0, 0.05) is 25.8 Å². The molecule has 1 unspecified atom stereocenters. The quantitative estimate of drug-likeness (QED) is 0.766. The van der Waals surface area contributed by atoms with Crippen LogP contribution in [0, 0.1) is 0 Å². The number of nitrogens with zero attached hydrogens (tertiary/aromatic N) is 1. The fourth-order valence-corrected chi connectivity index (χ4v) is 2.35. The second kappa shape index (κ2) is 8.56. The topological polar surface area (TPSA) is 52.6 Å². The van der Waals surface area contributed by atoms with Gasteiger partial charge in [-0.3, -0.25) is 4.79 Å². The largest absolute Gasteiger partial charge is 0.390 e. The number of aliphatic hydroxyl groups excluding tert-OH is 1. The van der Waals surface area contributed by atoms with Crippen molar-refractivity contribution < 1.29 is 9.90 Å². The Balaban J connectivity index is 2.09. The Hall–Kier alpha value is -2.04. The van der Waals surface area contributed by atoms with Crippen molar-refractivity contribution in [1.29, 1.82) is 0 Å². The lowest BCUT2D eigenvalue weighted by Gasteiger charge is -2.20. The van der Waals surface area contributed by atoms with Crippen LogP contribution in [0.2, 0.25) is 0 Å². The number of benzene rings is 2. The van der Waals surface area contributed by atoms with Crippen molar-refractivity contribution in [3.05, 3.63) is 65.7 Å². The van der Waals surface area contributed by atoms with E-state index in [4.69, 9.17) is 11.6 Å². The number of amides is 1. The third-order valence-electron chi connectivity index (χ3n) is 3.47. The van der Waals surface area contributed by atoms with Crippen LogP contribution < -0.4 is 5.32 Å². The Labute approximate surface area is 141 Å². The van der Waals surface area contributed by atoms with Crippen LogP contribution >= 0.6 is 11.6 Å². The van der Waals surface area contributed by atoms with E-state index in [-0.39, 0.29) is 11.8 Å². The van der Waals surface area contributed by atoms with Gasteiger partial charge in [0.05, 0.1) is 17.5 Å². The van der Waals surface area contributed by atoms with Gasteiger partial charge in [0.1, 0.15) is 0 Å². The highest BCUT2D eigenvalue weighted by molar-refractivity contribution is 6.18. The van der Waals surface area contributed by atoms with E-state index in [1.807, 2.05) is 48.5 Å². The predicted octanol–water partition coefficient (Wildman–Crippen LogP) is 2.97. The van der Waals surface area contributed by atoms with E-state index >= 15 is 0 Å². The van der Waals surface area contributed by atoms with Gasteiger partial charge in [0.25, 0.3) is 5.91 Å². The molecule has 0 aliphatic rings. The number of nitrogens with one attached hydrogen (secondary N) is 1. The summed E-state index contributed by atoms with van der Waals surface area (Å²) >= 11 is 5.60. The Morgan fingerprint density at radius 1 is 1.17 bits per heavy atom. The van der Waals surface area contributed by atoms with Crippen LogP contribution in [0.25, 0.3) is 0 Å². The standard InChI is InChI=1S/C18H21ClN2O2/c1-21(13-14-7-3-2-4-8-14)18(23)16-9-5-6-10-17(16)20-12-15(22)11-19/h2-10,15,20,22H,11-13H2,1H3. The lowest BCUT2D eigenvalue weighted by atomic mass is 10.1. The molecule has 0 aromatic heterocycles.